The molecule has 598 valence electrons. The van der Waals surface area contributed by atoms with Crippen LogP contribution >= 0.6 is 0 Å². The zero-order valence-electron chi connectivity index (χ0n) is 64.0. The van der Waals surface area contributed by atoms with E-state index in [0.29, 0.717) is 184 Å². The van der Waals surface area contributed by atoms with Crippen LogP contribution in [0.25, 0.3) is 68.3 Å². The number of rotatable bonds is 22. The molecule has 3 amide bonds. The second-order valence-electron chi connectivity index (χ2n) is 27.9. The van der Waals surface area contributed by atoms with Gasteiger partial charge in [0.2, 0.25) is 35.4 Å². The summed E-state index contributed by atoms with van der Waals surface area (Å²) in [6.07, 6.45) is 8.23. The van der Waals surface area contributed by atoms with Gasteiger partial charge in [0, 0.05) is 157 Å². The van der Waals surface area contributed by atoms with Crippen molar-refractivity contribution in [1.82, 2.24) is 88.9 Å². The number of halogens is 5. The smallest absolute Gasteiger partial charge is 0.244 e. The van der Waals surface area contributed by atoms with Crippen LogP contribution in [0.15, 0.2) is 189 Å². The summed E-state index contributed by atoms with van der Waals surface area (Å²) in [5, 5.41) is 13.7. The number of hydrogen-bond acceptors (Lipinski definition) is 22. The van der Waals surface area contributed by atoms with E-state index in [1.165, 1.54) is 76.6 Å². The van der Waals surface area contributed by atoms with E-state index in [4.69, 9.17) is 23.9 Å². The maximum Gasteiger partial charge on any atom is 0.244 e. The van der Waals surface area contributed by atoms with Crippen molar-refractivity contribution in [3.63, 3.8) is 0 Å². The Labute approximate surface area is 665 Å². The molecule has 0 unspecified atom stereocenters. The predicted octanol–water partition coefficient (Wildman–Crippen LogP) is 10.5. The van der Waals surface area contributed by atoms with Crippen molar-refractivity contribution in [3.05, 3.63) is 223 Å². The second-order valence-corrected chi connectivity index (χ2v) is 27.9. The number of methoxy groups -OCH3 is 1. The first-order valence-electron chi connectivity index (χ1n) is 38.0. The number of anilines is 3. The highest BCUT2D eigenvalue weighted by Gasteiger charge is 2.30. The third kappa shape index (κ3) is 20.5. The molecule has 0 spiro atoms. The summed E-state index contributed by atoms with van der Waals surface area (Å²) in [4.78, 5) is 91.3. The largest absolute Gasteiger partial charge is 0.477 e. The third-order valence-corrected chi connectivity index (χ3v) is 19.9. The second kappa shape index (κ2) is 37.7. The van der Waals surface area contributed by atoms with Crippen LogP contribution in [0.5, 0.6) is 11.8 Å². The minimum atomic E-state index is -0.380. The summed E-state index contributed by atoms with van der Waals surface area (Å²) in [5.74, 6) is 4.19. The number of benzene rings is 6. The van der Waals surface area contributed by atoms with Crippen molar-refractivity contribution < 1.29 is 55.3 Å². The van der Waals surface area contributed by atoms with Crippen molar-refractivity contribution in [2.45, 2.75) is 52.4 Å². The first-order valence-corrected chi connectivity index (χ1v) is 38.0. The molecule has 4 saturated heterocycles. The zero-order valence-corrected chi connectivity index (χ0v) is 64.0. The average molecular weight is 1580 g/mol. The van der Waals surface area contributed by atoms with Crippen molar-refractivity contribution in [2.24, 2.45) is 5.92 Å². The Morgan fingerprint density at radius 2 is 0.845 bits per heavy atom. The standard InChI is InChI=1S/C30H31F2N7O3.C28H29F2N7O3.C25H24FN7O/c31-24-5-1-22(2-6-24)29-35-30(23-3-7-25(32)8-4-23)39(36-29)18-28(40)38-13-11-37(12-14-38)26-17-27(34-20-33-26)42-19-21-9-15-41-16-10-21;1-19(17-39-2)40-25-15-24(31-18-32-25)35-11-13-36(14-12-35)26(38)16-37-28(21-5-9-23(30)10-6-21)33-27(34-37)20-3-7-22(29)8-4-20;1-18-16-20(8-9-21(18)26)23-29-24(19-6-3-2-4-7-19)33(30-23)17-22(34)31-12-14-32(15-13-31)25-27-10-5-11-28-25/h1-8,17,20-21H,9-16,18-19H2;3-10,15,18-19H,11-14,16-17H2,1-2H3;2-11,16H,12-15,17H2,1H3/t;19-;/m.0./s1. The average Bonchev–Trinajstić information content (AvgIpc) is 1.66. The van der Waals surface area contributed by atoms with E-state index in [-0.39, 0.29) is 72.5 Å². The van der Waals surface area contributed by atoms with Crippen LogP contribution in [-0.4, -0.2) is 225 Å². The first kappa shape index (κ1) is 79.6. The molecule has 4 aliphatic heterocycles. The lowest BCUT2D eigenvalue weighted by Crippen LogP contribution is -2.50. The molecule has 0 aliphatic carbocycles. The van der Waals surface area contributed by atoms with Gasteiger partial charge in [-0.3, -0.25) is 14.4 Å². The Morgan fingerprint density at radius 1 is 0.448 bits per heavy atom. The Morgan fingerprint density at radius 3 is 1.28 bits per heavy atom. The Bertz CT molecular complexity index is 5260. The summed E-state index contributed by atoms with van der Waals surface area (Å²) in [6, 6.07) is 43.1. The van der Waals surface area contributed by atoms with Gasteiger partial charge in [-0.25, -0.2) is 80.9 Å². The number of ether oxygens (including phenoxy) is 4. The number of amides is 3. The van der Waals surface area contributed by atoms with Crippen LogP contribution in [0.1, 0.15) is 25.3 Å². The predicted molar refractivity (Wildman–Crippen MR) is 421 cm³/mol. The molecule has 0 radical (unpaired) electrons. The molecule has 4 fully saturated rings. The number of hydrogen-bond donors (Lipinski definition) is 0. The molecule has 0 bridgehead atoms. The Hall–Kier alpha value is -13.0. The normalized spacial score (nSPS) is 14.8. The van der Waals surface area contributed by atoms with E-state index in [2.05, 4.69) is 69.9 Å². The van der Waals surface area contributed by atoms with Crippen molar-refractivity contribution in [1.29, 1.82) is 0 Å². The lowest BCUT2D eigenvalue weighted by Gasteiger charge is -2.35. The van der Waals surface area contributed by atoms with Gasteiger partial charge in [-0.15, -0.1) is 15.3 Å². The van der Waals surface area contributed by atoms with Crippen LogP contribution in [0.3, 0.4) is 0 Å². The first-order chi connectivity index (χ1) is 56.5. The number of aromatic nitrogens is 15. The minimum absolute atomic E-state index is 0.0300. The van der Waals surface area contributed by atoms with E-state index in [9.17, 15) is 36.3 Å². The third-order valence-electron chi connectivity index (χ3n) is 19.9. The lowest BCUT2D eigenvalue weighted by atomic mass is 10.0. The highest BCUT2D eigenvalue weighted by molar-refractivity contribution is 5.79. The summed E-state index contributed by atoms with van der Waals surface area (Å²) in [5.41, 5.74) is 4.54. The number of aryl methyl sites for hydroxylation is 1. The van der Waals surface area contributed by atoms with Gasteiger partial charge in [0.25, 0.3) is 0 Å². The monoisotopic (exact) mass is 1580 g/mol. The lowest BCUT2D eigenvalue weighted by molar-refractivity contribution is -0.133. The maximum absolute atomic E-state index is 13.8. The topological polar surface area (TPSA) is 277 Å². The van der Waals surface area contributed by atoms with Gasteiger partial charge in [0.15, 0.2) is 34.9 Å². The minimum Gasteiger partial charge on any atom is -0.477 e. The fourth-order valence-electron chi connectivity index (χ4n) is 13.5. The fourth-order valence-corrected chi connectivity index (χ4v) is 13.5. The molecule has 0 saturated carbocycles. The number of carbonyl (C=O) groups excluding carboxylic acids is 3. The molecule has 10 heterocycles. The van der Waals surface area contributed by atoms with E-state index >= 15 is 0 Å². The maximum atomic E-state index is 13.8. The van der Waals surface area contributed by atoms with Gasteiger partial charge < -0.3 is 48.3 Å². The molecule has 6 aromatic carbocycles. The van der Waals surface area contributed by atoms with Crippen LogP contribution in [-0.2, 0) is 43.5 Å². The quantitative estimate of drug-likeness (QED) is 0.0570. The van der Waals surface area contributed by atoms with Crippen molar-refractivity contribution in [3.8, 4) is 80.1 Å². The van der Waals surface area contributed by atoms with E-state index in [1.54, 1.807) is 114 Å². The van der Waals surface area contributed by atoms with Crippen molar-refractivity contribution in [2.75, 3.05) is 127 Å². The highest BCUT2D eigenvalue weighted by Crippen LogP contribution is 2.30. The summed E-state index contributed by atoms with van der Waals surface area (Å²) in [6.45, 7) is 13.0. The van der Waals surface area contributed by atoms with Gasteiger partial charge in [0.05, 0.1) is 13.2 Å². The molecule has 1 atom stereocenters. The van der Waals surface area contributed by atoms with Gasteiger partial charge in [0.1, 0.15) is 79.1 Å². The summed E-state index contributed by atoms with van der Waals surface area (Å²) >= 11 is 0. The van der Waals surface area contributed by atoms with Crippen LogP contribution in [0, 0.1) is 41.9 Å². The number of carbonyl (C=O) groups is 3. The van der Waals surface area contributed by atoms with E-state index in [0.717, 1.165) is 43.3 Å². The van der Waals surface area contributed by atoms with Gasteiger partial charge in [-0.1, -0.05) is 30.3 Å². The molecular weight excluding hydrogens is 1500 g/mol. The molecule has 4 aliphatic rings. The Balaban J connectivity index is 0.000000144. The van der Waals surface area contributed by atoms with Crippen LogP contribution in [0.4, 0.5) is 39.5 Å². The molecular formula is C83H84F5N21O7. The number of nitrogens with zero attached hydrogens (tertiary/aromatic N) is 21. The molecule has 16 rings (SSSR count). The zero-order chi connectivity index (χ0) is 80.4. The van der Waals surface area contributed by atoms with Gasteiger partial charge in [-0.2, -0.15) is 0 Å². The van der Waals surface area contributed by atoms with Crippen LogP contribution < -0.4 is 24.2 Å². The van der Waals surface area contributed by atoms with Gasteiger partial charge in [-0.05, 0) is 159 Å². The SMILES string of the molecule is COC[C@H](C)Oc1cc(N2CCN(C(=O)Cn3nc(-c4ccc(F)cc4)nc3-c3ccc(F)cc3)CC2)ncn1.Cc1cc(-c2nc(-c3ccccc3)n(CC(=O)N3CCN(c4ncccn4)CC3)n2)ccc1F.O=C(Cn1nc(-c2ccc(F)cc2)nc1-c1ccc(F)cc1)N1CCN(c2cc(OCC3CCOCC3)ncn2)CC1. The molecule has 6 aromatic heterocycles. The van der Waals surface area contributed by atoms with E-state index in [1.807, 2.05) is 48.2 Å². The van der Waals surface area contributed by atoms with E-state index < -0.39 is 0 Å². The Kier molecular flexibility index (Phi) is 25.9. The molecule has 0 N–H and O–H groups in total. The number of piperazine rings is 3. The highest BCUT2D eigenvalue weighted by atomic mass is 19.1. The van der Waals surface area contributed by atoms with Gasteiger partial charge >= 0.3 is 0 Å². The molecule has 116 heavy (non-hydrogen) atoms. The van der Waals surface area contributed by atoms with Crippen molar-refractivity contribution >= 4 is 35.3 Å². The fraction of sp³-hybridized carbons (Fsp3) is 0.313. The molecule has 28 nitrogen and oxygen atoms in total. The molecule has 33 heteroatoms. The summed E-state index contributed by atoms with van der Waals surface area (Å²) < 4.78 is 94.8. The van der Waals surface area contributed by atoms with Crippen LogP contribution in [0.2, 0.25) is 0 Å². The summed E-state index contributed by atoms with van der Waals surface area (Å²) in [7, 11) is 1.61. The molecule has 12 aromatic rings.